The van der Waals surface area contributed by atoms with Crippen LogP contribution in [0.3, 0.4) is 0 Å². The number of rotatable bonds is 4. The Morgan fingerprint density at radius 2 is 2.19 bits per heavy atom. The Balaban J connectivity index is 3.01. The van der Waals surface area contributed by atoms with Crippen molar-refractivity contribution in [2.75, 3.05) is 0 Å². The molecule has 0 saturated heterocycles. The zero-order chi connectivity index (χ0) is 12.1. The summed E-state index contributed by atoms with van der Waals surface area (Å²) in [5.74, 6) is -0.780. The topological polar surface area (TPSA) is 66.8 Å². The van der Waals surface area contributed by atoms with Gasteiger partial charge in [-0.1, -0.05) is 12.6 Å². The molecule has 0 aliphatic carbocycles. The van der Waals surface area contributed by atoms with Crippen molar-refractivity contribution < 1.29 is 19.7 Å². The molecule has 1 rings (SSSR count). The van der Waals surface area contributed by atoms with Gasteiger partial charge in [-0.2, -0.15) is 0 Å². The largest absolute Gasteiger partial charge is 0.504 e. The van der Waals surface area contributed by atoms with Crippen LogP contribution in [-0.4, -0.2) is 16.2 Å². The molecule has 0 fully saturated rings. The van der Waals surface area contributed by atoms with Crippen molar-refractivity contribution in [1.82, 2.24) is 0 Å². The lowest BCUT2D eigenvalue weighted by Crippen LogP contribution is -1.95. The lowest BCUT2D eigenvalue weighted by Gasteiger charge is -2.04. The van der Waals surface area contributed by atoms with Gasteiger partial charge < -0.3 is 14.9 Å². The van der Waals surface area contributed by atoms with Gasteiger partial charge in [-0.15, -0.1) is 0 Å². The number of benzene rings is 1. The molecule has 16 heavy (non-hydrogen) atoms. The summed E-state index contributed by atoms with van der Waals surface area (Å²) in [5, 5.41) is 18.2. The van der Waals surface area contributed by atoms with Crippen LogP contribution >= 0.6 is 0 Å². The summed E-state index contributed by atoms with van der Waals surface area (Å²) in [4.78, 5) is 10.6. The fourth-order valence-corrected chi connectivity index (χ4v) is 1.13. The van der Waals surface area contributed by atoms with Crippen LogP contribution in [0.2, 0.25) is 0 Å². The Morgan fingerprint density at radius 1 is 1.50 bits per heavy atom. The molecule has 0 unspecified atom stereocenters. The minimum absolute atomic E-state index is 0.0631. The van der Waals surface area contributed by atoms with Crippen molar-refractivity contribution >= 4 is 12.0 Å². The minimum atomic E-state index is -0.995. The number of hydrogen-bond acceptors (Lipinski definition) is 3. The standard InChI is InChI=1S/C12H12O4/c1-3-16-11-5-4-9(7-10(11)13)6-8(2)12(14)15/h3-7,13H,1H2,2H3,(H,14,15)/b8-6+. The highest BCUT2D eigenvalue weighted by atomic mass is 16.5. The third-order valence-corrected chi connectivity index (χ3v) is 1.91. The molecular weight excluding hydrogens is 208 g/mol. The molecule has 0 bridgehead atoms. The Labute approximate surface area is 93.1 Å². The van der Waals surface area contributed by atoms with Crippen LogP contribution in [0.1, 0.15) is 12.5 Å². The molecule has 0 atom stereocenters. The number of hydrogen-bond donors (Lipinski definition) is 2. The molecule has 4 heteroatoms. The fourth-order valence-electron chi connectivity index (χ4n) is 1.13. The van der Waals surface area contributed by atoms with Gasteiger partial charge in [0.1, 0.15) is 0 Å². The van der Waals surface area contributed by atoms with Gasteiger partial charge >= 0.3 is 5.97 Å². The van der Waals surface area contributed by atoms with Crippen molar-refractivity contribution in [1.29, 1.82) is 0 Å². The predicted octanol–water partition coefficient (Wildman–Crippen LogP) is 2.40. The second-order valence-electron chi connectivity index (χ2n) is 3.14. The first-order valence-electron chi connectivity index (χ1n) is 4.56. The zero-order valence-electron chi connectivity index (χ0n) is 8.80. The van der Waals surface area contributed by atoms with Crippen LogP contribution < -0.4 is 4.74 Å². The molecule has 1 aromatic rings. The maximum atomic E-state index is 10.6. The highest BCUT2D eigenvalue weighted by molar-refractivity contribution is 5.91. The Bertz CT molecular complexity index is 446. The lowest BCUT2D eigenvalue weighted by atomic mass is 10.1. The zero-order valence-corrected chi connectivity index (χ0v) is 8.80. The molecule has 0 saturated carbocycles. The first-order valence-corrected chi connectivity index (χ1v) is 4.56. The minimum Gasteiger partial charge on any atom is -0.504 e. The highest BCUT2D eigenvalue weighted by Crippen LogP contribution is 2.27. The van der Waals surface area contributed by atoms with Gasteiger partial charge in [-0.25, -0.2) is 4.79 Å². The Morgan fingerprint density at radius 3 is 2.69 bits per heavy atom. The van der Waals surface area contributed by atoms with E-state index in [0.29, 0.717) is 5.56 Å². The molecule has 0 amide bonds. The van der Waals surface area contributed by atoms with E-state index in [0.717, 1.165) is 0 Å². The maximum absolute atomic E-state index is 10.6. The molecule has 0 spiro atoms. The van der Waals surface area contributed by atoms with E-state index in [2.05, 4.69) is 6.58 Å². The van der Waals surface area contributed by atoms with Gasteiger partial charge in [0, 0.05) is 5.57 Å². The van der Waals surface area contributed by atoms with E-state index in [9.17, 15) is 9.90 Å². The summed E-state index contributed by atoms with van der Waals surface area (Å²) in [5.41, 5.74) is 0.783. The second-order valence-corrected chi connectivity index (χ2v) is 3.14. The first kappa shape index (κ1) is 11.8. The number of carboxylic acid groups (broad SMARTS) is 1. The van der Waals surface area contributed by atoms with Gasteiger partial charge in [0.15, 0.2) is 11.5 Å². The van der Waals surface area contributed by atoms with Crippen LogP contribution in [0.15, 0.2) is 36.6 Å². The number of aromatic hydroxyl groups is 1. The number of phenolic OH excluding ortho intramolecular Hbond substituents is 1. The molecule has 2 N–H and O–H groups in total. The maximum Gasteiger partial charge on any atom is 0.331 e. The number of ether oxygens (including phenoxy) is 1. The van der Waals surface area contributed by atoms with Gasteiger partial charge in [-0.05, 0) is 30.7 Å². The first-order chi connectivity index (χ1) is 7.54. The van der Waals surface area contributed by atoms with Crippen molar-refractivity contribution in [2.24, 2.45) is 0 Å². The summed E-state index contributed by atoms with van der Waals surface area (Å²) in [7, 11) is 0. The molecule has 1 aromatic carbocycles. The number of aliphatic carboxylic acids is 1. The fraction of sp³-hybridized carbons (Fsp3) is 0.0833. The molecule has 0 heterocycles. The average molecular weight is 220 g/mol. The van der Waals surface area contributed by atoms with Gasteiger partial charge in [-0.3, -0.25) is 0 Å². The molecule has 0 aliphatic heterocycles. The average Bonchev–Trinajstić information content (AvgIpc) is 2.22. The van der Waals surface area contributed by atoms with Crippen LogP contribution in [0.25, 0.3) is 6.08 Å². The van der Waals surface area contributed by atoms with Crippen LogP contribution in [0, 0.1) is 0 Å². The molecular formula is C12H12O4. The van der Waals surface area contributed by atoms with E-state index >= 15 is 0 Å². The molecule has 4 nitrogen and oxygen atoms in total. The third kappa shape index (κ3) is 2.88. The normalized spacial score (nSPS) is 10.9. The molecule has 0 radical (unpaired) electrons. The van der Waals surface area contributed by atoms with E-state index in [1.807, 2.05) is 0 Å². The van der Waals surface area contributed by atoms with Gasteiger partial charge in [0.05, 0.1) is 6.26 Å². The number of carboxylic acids is 1. The van der Waals surface area contributed by atoms with E-state index in [4.69, 9.17) is 9.84 Å². The van der Waals surface area contributed by atoms with E-state index in [1.54, 1.807) is 6.07 Å². The summed E-state index contributed by atoms with van der Waals surface area (Å²) in [6.45, 7) is 4.85. The SMILES string of the molecule is C=COc1ccc(/C=C(\C)C(=O)O)cc1O. The summed E-state index contributed by atoms with van der Waals surface area (Å²) < 4.78 is 4.92. The highest BCUT2D eigenvalue weighted by Gasteiger charge is 2.04. The van der Waals surface area contributed by atoms with Gasteiger partial charge in [0.25, 0.3) is 0 Å². The summed E-state index contributed by atoms with van der Waals surface area (Å²) in [6, 6.07) is 4.61. The third-order valence-electron chi connectivity index (χ3n) is 1.91. The molecule has 0 aliphatic rings. The quantitative estimate of drug-likeness (QED) is 0.604. The van der Waals surface area contributed by atoms with Gasteiger partial charge in [0.2, 0.25) is 0 Å². The van der Waals surface area contributed by atoms with Crippen molar-refractivity contribution in [2.45, 2.75) is 6.92 Å². The number of phenols is 1. The number of carbonyl (C=O) groups is 1. The van der Waals surface area contributed by atoms with Crippen molar-refractivity contribution in [3.8, 4) is 11.5 Å². The van der Waals surface area contributed by atoms with Crippen molar-refractivity contribution in [3.63, 3.8) is 0 Å². The smallest absolute Gasteiger partial charge is 0.331 e. The van der Waals surface area contributed by atoms with Crippen LogP contribution in [0.4, 0.5) is 0 Å². The van der Waals surface area contributed by atoms with E-state index in [1.165, 1.54) is 31.4 Å². The lowest BCUT2D eigenvalue weighted by molar-refractivity contribution is -0.132. The predicted molar refractivity (Wildman–Crippen MR) is 60.2 cm³/mol. The Hall–Kier alpha value is -2.23. The van der Waals surface area contributed by atoms with E-state index in [-0.39, 0.29) is 17.1 Å². The van der Waals surface area contributed by atoms with Crippen molar-refractivity contribution in [3.05, 3.63) is 42.2 Å². The second kappa shape index (κ2) is 5.02. The summed E-state index contributed by atoms with van der Waals surface area (Å²) >= 11 is 0. The molecule has 84 valence electrons. The Kier molecular flexibility index (Phi) is 3.72. The monoisotopic (exact) mass is 220 g/mol. The van der Waals surface area contributed by atoms with Crippen LogP contribution in [0.5, 0.6) is 11.5 Å². The van der Waals surface area contributed by atoms with Crippen LogP contribution in [-0.2, 0) is 4.79 Å². The van der Waals surface area contributed by atoms with E-state index < -0.39 is 5.97 Å². The molecule has 0 aromatic heterocycles. The summed E-state index contributed by atoms with van der Waals surface area (Å²) in [6.07, 6.45) is 2.66.